The van der Waals surface area contributed by atoms with E-state index in [4.69, 9.17) is 4.74 Å². The topological polar surface area (TPSA) is 94.5 Å². The van der Waals surface area contributed by atoms with Gasteiger partial charge in [0.05, 0.1) is 12.0 Å². The second kappa shape index (κ2) is 7.62. The second-order valence-corrected chi connectivity index (χ2v) is 7.27. The van der Waals surface area contributed by atoms with Crippen molar-refractivity contribution in [3.8, 4) is 5.75 Å². The Balaban J connectivity index is 2.08. The molecule has 1 aromatic carbocycles. The van der Waals surface area contributed by atoms with Crippen LogP contribution >= 0.6 is 0 Å². The molecule has 0 fully saturated rings. The lowest BCUT2D eigenvalue weighted by Crippen LogP contribution is -2.31. The highest BCUT2D eigenvalue weighted by Gasteiger charge is 2.14. The SMILES string of the molecule is COc1cc(C)n(CCNS(=O)(=O)c2ccc(C(C)=O)cc2)c(=O)c1. The number of carbonyl (C=O) groups is 1. The van der Waals surface area contributed by atoms with Gasteiger partial charge in [0.15, 0.2) is 5.78 Å². The van der Waals surface area contributed by atoms with Gasteiger partial charge in [0, 0.05) is 30.4 Å². The van der Waals surface area contributed by atoms with Gasteiger partial charge in [-0.3, -0.25) is 9.59 Å². The zero-order chi connectivity index (χ0) is 18.6. The number of methoxy groups -OCH3 is 1. The zero-order valence-corrected chi connectivity index (χ0v) is 15.1. The van der Waals surface area contributed by atoms with E-state index in [-0.39, 0.29) is 29.3 Å². The van der Waals surface area contributed by atoms with Crippen molar-refractivity contribution < 1.29 is 17.9 Å². The molecule has 0 amide bonds. The van der Waals surface area contributed by atoms with Crippen molar-refractivity contribution >= 4 is 15.8 Å². The summed E-state index contributed by atoms with van der Waals surface area (Å²) in [4.78, 5) is 23.3. The first kappa shape index (κ1) is 18.9. The molecule has 7 nitrogen and oxygen atoms in total. The molecular weight excluding hydrogens is 344 g/mol. The number of aryl methyl sites for hydroxylation is 1. The number of nitrogens with one attached hydrogen (secondary N) is 1. The second-order valence-electron chi connectivity index (χ2n) is 5.50. The van der Waals surface area contributed by atoms with Crippen LogP contribution in [0.4, 0.5) is 0 Å². The number of hydrogen-bond acceptors (Lipinski definition) is 5. The van der Waals surface area contributed by atoms with Crippen LogP contribution in [0.25, 0.3) is 0 Å². The average Bonchev–Trinajstić information content (AvgIpc) is 2.57. The van der Waals surface area contributed by atoms with Gasteiger partial charge in [0.1, 0.15) is 5.75 Å². The molecule has 134 valence electrons. The molecule has 8 heteroatoms. The van der Waals surface area contributed by atoms with Crippen LogP contribution in [0.1, 0.15) is 23.0 Å². The van der Waals surface area contributed by atoms with Crippen molar-refractivity contribution in [1.29, 1.82) is 0 Å². The number of Topliss-reactive ketones (excluding diaryl/α,β-unsaturated/α-hetero) is 1. The van der Waals surface area contributed by atoms with E-state index in [0.717, 1.165) is 0 Å². The molecule has 0 radical (unpaired) electrons. The fourth-order valence-electron chi connectivity index (χ4n) is 2.35. The molecule has 0 bridgehead atoms. The normalized spacial score (nSPS) is 11.3. The fraction of sp³-hybridized carbons (Fsp3) is 0.294. The molecule has 0 spiro atoms. The molecule has 1 aromatic heterocycles. The summed E-state index contributed by atoms with van der Waals surface area (Å²) in [5, 5.41) is 0. The van der Waals surface area contributed by atoms with Gasteiger partial charge in [-0.1, -0.05) is 12.1 Å². The van der Waals surface area contributed by atoms with Crippen LogP contribution in [0.15, 0.2) is 46.1 Å². The lowest BCUT2D eigenvalue weighted by atomic mass is 10.2. The Kier molecular flexibility index (Phi) is 5.76. The molecule has 2 rings (SSSR count). The first-order chi connectivity index (χ1) is 11.7. The van der Waals surface area contributed by atoms with Gasteiger partial charge < -0.3 is 9.30 Å². The molecule has 0 saturated carbocycles. The number of pyridine rings is 1. The van der Waals surface area contributed by atoms with Crippen molar-refractivity contribution in [2.24, 2.45) is 0 Å². The molecule has 0 aliphatic carbocycles. The lowest BCUT2D eigenvalue weighted by Gasteiger charge is -2.12. The summed E-state index contributed by atoms with van der Waals surface area (Å²) in [6.45, 7) is 3.42. The minimum atomic E-state index is -3.71. The first-order valence-electron chi connectivity index (χ1n) is 7.61. The lowest BCUT2D eigenvalue weighted by molar-refractivity contribution is 0.101. The van der Waals surface area contributed by atoms with Gasteiger partial charge in [0.25, 0.3) is 5.56 Å². The number of rotatable bonds is 7. The number of ketones is 1. The summed E-state index contributed by atoms with van der Waals surface area (Å²) >= 11 is 0. The van der Waals surface area contributed by atoms with E-state index in [1.165, 1.54) is 48.9 Å². The van der Waals surface area contributed by atoms with E-state index >= 15 is 0 Å². The standard InChI is InChI=1S/C17H20N2O5S/c1-12-10-15(24-3)11-17(21)19(12)9-8-18-25(22,23)16-6-4-14(5-7-16)13(2)20/h4-7,10-11,18H,8-9H2,1-3H3. The van der Waals surface area contributed by atoms with E-state index < -0.39 is 10.0 Å². The minimum absolute atomic E-state index is 0.0594. The highest BCUT2D eigenvalue weighted by atomic mass is 32.2. The van der Waals surface area contributed by atoms with E-state index in [0.29, 0.717) is 17.0 Å². The Hall–Kier alpha value is -2.45. The quantitative estimate of drug-likeness (QED) is 0.749. The Morgan fingerprint density at radius 3 is 2.36 bits per heavy atom. The number of carbonyl (C=O) groups excluding carboxylic acids is 1. The number of nitrogens with zero attached hydrogens (tertiary/aromatic N) is 1. The third-order valence-corrected chi connectivity index (χ3v) is 5.22. The molecule has 1 heterocycles. The third kappa shape index (κ3) is 4.55. The van der Waals surface area contributed by atoms with Gasteiger partial charge in [-0.05, 0) is 32.0 Å². The third-order valence-electron chi connectivity index (χ3n) is 3.74. The maximum Gasteiger partial charge on any atom is 0.254 e. The Morgan fingerprint density at radius 1 is 1.20 bits per heavy atom. The summed E-state index contributed by atoms with van der Waals surface area (Å²) < 4.78 is 33.5. The Labute approximate surface area is 146 Å². The molecule has 0 aliphatic rings. The smallest absolute Gasteiger partial charge is 0.254 e. The number of benzene rings is 1. The van der Waals surface area contributed by atoms with E-state index in [1.54, 1.807) is 13.0 Å². The van der Waals surface area contributed by atoms with E-state index in [2.05, 4.69) is 4.72 Å². The maximum absolute atomic E-state index is 12.3. The van der Waals surface area contributed by atoms with Crippen LogP contribution in [0.5, 0.6) is 5.75 Å². The van der Waals surface area contributed by atoms with Crippen molar-refractivity contribution in [1.82, 2.24) is 9.29 Å². The van der Waals surface area contributed by atoms with Crippen molar-refractivity contribution in [2.45, 2.75) is 25.3 Å². The summed E-state index contributed by atoms with van der Waals surface area (Å²) in [6, 6.07) is 8.75. The van der Waals surface area contributed by atoms with E-state index in [1.807, 2.05) is 0 Å². The molecule has 25 heavy (non-hydrogen) atoms. The minimum Gasteiger partial charge on any atom is -0.496 e. The van der Waals surface area contributed by atoms with Gasteiger partial charge in [0.2, 0.25) is 10.0 Å². The maximum atomic E-state index is 12.3. The molecular formula is C17H20N2O5S. The van der Waals surface area contributed by atoms with Gasteiger partial charge in [-0.25, -0.2) is 13.1 Å². The number of sulfonamides is 1. The van der Waals surface area contributed by atoms with Crippen LogP contribution in [-0.4, -0.2) is 32.4 Å². The Morgan fingerprint density at radius 2 is 1.84 bits per heavy atom. The molecule has 0 unspecified atom stereocenters. The average molecular weight is 364 g/mol. The largest absolute Gasteiger partial charge is 0.496 e. The first-order valence-corrected chi connectivity index (χ1v) is 9.09. The van der Waals surface area contributed by atoms with Crippen molar-refractivity contribution in [3.05, 3.63) is 58.0 Å². The molecule has 2 aromatic rings. The van der Waals surface area contributed by atoms with Crippen LogP contribution in [-0.2, 0) is 16.6 Å². The van der Waals surface area contributed by atoms with Crippen LogP contribution in [0, 0.1) is 6.92 Å². The summed E-state index contributed by atoms with van der Waals surface area (Å²) in [7, 11) is -2.24. The van der Waals surface area contributed by atoms with Gasteiger partial charge in [-0.15, -0.1) is 0 Å². The zero-order valence-electron chi connectivity index (χ0n) is 14.3. The highest BCUT2D eigenvalue weighted by Crippen LogP contribution is 2.11. The van der Waals surface area contributed by atoms with Crippen molar-refractivity contribution in [2.75, 3.05) is 13.7 Å². The molecule has 0 saturated heterocycles. The summed E-state index contributed by atoms with van der Waals surface area (Å²) in [5.74, 6) is 0.330. The van der Waals surface area contributed by atoms with E-state index in [9.17, 15) is 18.0 Å². The van der Waals surface area contributed by atoms with Crippen LogP contribution < -0.4 is 15.0 Å². The predicted molar refractivity (Wildman–Crippen MR) is 93.6 cm³/mol. The summed E-state index contributed by atoms with van der Waals surface area (Å²) in [6.07, 6.45) is 0. The number of hydrogen-bond donors (Lipinski definition) is 1. The Bertz CT molecular complexity index is 931. The molecule has 0 atom stereocenters. The van der Waals surface area contributed by atoms with Crippen LogP contribution in [0.2, 0.25) is 0 Å². The van der Waals surface area contributed by atoms with Crippen molar-refractivity contribution in [3.63, 3.8) is 0 Å². The molecule has 0 aliphatic heterocycles. The number of ether oxygens (including phenoxy) is 1. The predicted octanol–water partition coefficient (Wildman–Crippen LogP) is 1.35. The van der Waals surface area contributed by atoms with Gasteiger partial charge in [-0.2, -0.15) is 0 Å². The highest BCUT2D eigenvalue weighted by molar-refractivity contribution is 7.89. The van der Waals surface area contributed by atoms with Gasteiger partial charge >= 0.3 is 0 Å². The molecule has 1 N–H and O–H groups in total. The summed E-state index contributed by atoms with van der Waals surface area (Å²) in [5.41, 5.74) is 0.857. The monoisotopic (exact) mass is 364 g/mol. The fourth-order valence-corrected chi connectivity index (χ4v) is 3.37. The number of aromatic nitrogens is 1. The van der Waals surface area contributed by atoms with Crippen LogP contribution in [0.3, 0.4) is 0 Å².